The number of nitrogens with one attached hydrogen (secondary N) is 2. The number of anilines is 1. The first kappa shape index (κ1) is 25.4. The standard InChI is InChI=1S/C24H21BrN4O6/c1-34-21-11-17(14-26-28-23(30)12-16-7-5-6-10-20(16)29(32)33)19(25)13-22(21)35-15-24(31)27-18-8-3-2-4-9-18/h2-11,13-14H,12,15H2,1H3,(H,27,31)(H,28,30)/b26-14+. The largest absolute Gasteiger partial charge is 0.493 e. The first-order valence-electron chi connectivity index (χ1n) is 10.3. The maximum atomic E-state index is 12.2. The van der Waals surface area contributed by atoms with Crippen LogP contribution in [0.15, 0.2) is 76.3 Å². The van der Waals surface area contributed by atoms with Gasteiger partial charge in [0.2, 0.25) is 5.91 Å². The van der Waals surface area contributed by atoms with Crippen molar-refractivity contribution in [1.29, 1.82) is 0 Å². The highest BCUT2D eigenvalue weighted by Gasteiger charge is 2.15. The van der Waals surface area contributed by atoms with E-state index >= 15 is 0 Å². The van der Waals surface area contributed by atoms with Gasteiger partial charge >= 0.3 is 0 Å². The highest BCUT2D eigenvalue weighted by molar-refractivity contribution is 9.10. The number of nitrogens with zero attached hydrogens (tertiary/aromatic N) is 2. The van der Waals surface area contributed by atoms with Crippen LogP contribution < -0.4 is 20.2 Å². The molecule has 3 rings (SSSR count). The number of carbonyl (C=O) groups excluding carboxylic acids is 2. The van der Waals surface area contributed by atoms with E-state index in [9.17, 15) is 19.7 Å². The molecule has 2 N–H and O–H groups in total. The summed E-state index contributed by atoms with van der Waals surface area (Å²) in [6, 6.07) is 18.2. The van der Waals surface area contributed by atoms with Crippen LogP contribution >= 0.6 is 15.9 Å². The second kappa shape index (κ2) is 12.3. The molecule has 3 aromatic rings. The molecule has 0 saturated carbocycles. The third-order valence-corrected chi connectivity index (χ3v) is 5.32. The molecule has 0 heterocycles. The first-order valence-corrected chi connectivity index (χ1v) is 11.1. The zero-order valence-electron chi connectivity index (χ0n) is 18.6. The Morgan fingerprint density at radius 2 is 1.77 bits per heavy atom. The summed E-state index contributed by atoms with van der Waals surface area (Å²) >= 11 is 3.40. The molecule has 0 aliphatic rings. The molecule has 3 aromatic carbocycles. The zero-order valence-corrected chi connectivity index (χ0v) is 20.2. The van der Waals surface area contributed by atoms with E-state index in [1.165, 1.54) is 31.5 Å². The molecule has 0 aliphatic heterocycles. The van der Waals surface area contributed by atoms with Gasteiger partial charge in [0.25, 0.3) is 11.6 Å². The third-order valence-electron chi connectivity index (χ3n) is 4.63. The Balaban J connectivity index is 1.60. The number of hydrogen-bond acceptors (Lipinski definition) is 7. The van der Waals surface area contributed by atoms with Gasteiger partial charge in [-0.3, -0.25) is 19.7 Å². The predicted molar refractivity (Wildman–Crippen MR) is 134 cm³/mol. The zero-order chi connectivity index (χ0) is 25.2. The van der Waals surface area contributed by atoms with E-state index < -0.39 is 10.8 Å². The number of hydrazone groups is 1. The number of amides is 2. The molecule has 0 atom stereocenters. The molecule has 0 unspecified atom stereocenters. The lowest BCUT2D eigenvalue weighted by Crippen LogP contribution is -2.20. The molecule has 0 radical (unpaired) electrons. The average Bonchev–Trinajstić information content (AvgIpc) is 2.84. The van der Waals surface area contributed by atoms with Crippen molar-refractivity contribution in [2.75, 3.05) is 19.0 Å². The highest BCUT2D eigenvalue weighted by atomic mass is 79.9. The van der Waals surface area contributed by atoms with Crippen LogP contribution in [-0.2, 0) is 16.0 Å². The predicted octanol–water partition coefficient (Wildman–Crippen LogP) is 4.08. The van der Waals surface area contributed by atoms with Crippen LogP contribution in [0.4, 0.5) is 11.4 Å². The fraction of sp³-hybridized carbons (Fsp3) is 0.125. The summed E-state index contributed by atoms with van der Waals surface area (Å²) in [5, 5.41) is 17.7. The minimum atomic E-state index is -0.538. The van der Waals surface area contributed by atoms with Crippen molar-refractivity contribution >= 4 is 45.3 Å². The summed E-state index contributed by atoms with van der Waals surface area (Å²) in [4.78, 5) is 34.9. The Morgan fingerprint density at radius 1 is 1.06 bits per heavy atom. The van der Waals surface area contributed by atoms with Crippen molar-refractivity contribution in [3.8, 4) is 11.5 Å². The molecule has 0 fully saturated rings. The number of para-hydroxylation sites is 2. The van der Waals surface area contributed by atoms with Crippen LogP contribution in [0.2, 0.25) is 0 Å². The van der Waals surface area contributed by atoms with Crippen molar-refractivity contribution in [2.45, 2.75) is 6.42 Å². The minimum Gasteiger partial charge on any atom is -0.493 e. The lowest BCUT2D eigenvalue weighted by atomic mass is 10.1. The van der Waals surface area contributed by atoms with Gasteiger partial charge in [0, 0.05) is 27.4 Å². The average molecular weight is 541 g/mol. The molecule has 0 spiro atoms. The van der Waals surface area contributed by atoms with Crippen molar-refractivity contribution in [3.05, 3.63) is 92.4 Å². The quantitative estimate of drug-likeness (QED) is 0.226. The van der Waals surface area contributed by atoms with E-state index in [-0.39, 0.29) is 30.2 Å². The number of ether oxygens (including phenoxy) is 2. The summed E-state index contributed by atoms with van der Waals surface area (Å²) in [7, 11) is 1.45. The van der Waals surface area contributed by atoms with Gasteiger partial charge < -0.3 is 14.8 Å². The molecule has 11 heteroatoms. The molecule has 35 heavy (non-hydrogen) atoms. The SMILES string of the molecule is COc1cc(/C=N/NC(=O)Cc2ccccc2[N+](=O)[O-])c(Br)cc1OCC(=O)Nc1ccccc1. The Bertz CT molecular complexity index is 1250. The highest BCUT2D eigenvalue weighted by Crippen LogP contribution is 2.33. The molecule has 0 aliphatic carbocycles. The lowest BCUT2D eigenvalue weighted by Gasteiger charge is -2.13. The Labute approximate surface area is 209 Å². The Kier molecular flexibility index (Phi) is 8.90. The van der Waals surface area contributed by atoms with E-state index in [0.717, 1.165) is 0 Å². The minimum absolute atomic E-state index is 0.132. The second-order valence-corrected chi connectivity index (χ2v) is 7.94. The van der Waals surface area contributed by atoms with Gasteiger partial charge in [0.15, 0.2) is 18.1 Å². The van der Waals surface area contributed by atoms with Crippen LogP contribution in [0.25, 0.3) is 0 Å². The van der Waals surface area contributed by atoms with Crippen molar-refractivity contribution in [2.24, 2.45) is 5.10 Å². The van der Waals surface area contributed by atoms with Gasteiger partial charge in [-0.15, -0.1) is 0 Å². The summed E-state index contributed by atoms with van der Waals surface area (Å²) in [6.45, 7) is -0.229. The van der Waals surface area contributed by atoms with Crippen LogP contribution in [0, 0.1) is 10.1 Å². The number of rotatable bonds is 10. The monoisotopic (exact) mass is 540 g/mol. The molecular weight excluding hydrogens is 520 g/mol. The summed E-state index contributed by atoms with van der Waals surface area (Å²) in [6.07, 6.45) is 1.19. The second-order valence-electron chi connectivity index (χ2n) is 7.08. The first-order chi connectivity index (χ1) is 16.9. The van der Waals surface area contributed by atoms with E-state index in [2.05, 4.69) is 31.8 Å². The number of halogens is 1. The van der Waals surface area contributed by atoms with Crippen molar-refractivity contribution < 1.29 is 24.0 Å². The smallest absolute Gasteiger partial charge is 0.273 e. The van der Waals surface area contributed by atoms with Crippen LogP contribution in [0.5, 0.6) is 11.5 Å². The molecule has 180 valence electrons. The third kappa shape index (κ3) is 7.37. The van der Waals surface area contributed by atoms with Crippen molar-refractivity contribution in [1.82, 2.24) is 5.43 Å². The summed E-state index contributed by atoms with van der Waals surface area (Å²) < 4.78 is 11.5. The van der Waals surface area contributed by atoms with Gasteiger partial charge in [-0.2, -0.15) is 5.10 Å². The number of nitro benzene ring substituents is 1. The maximum Gasteiger partial charge on any atom is 0.273 e. The van der Waals surface area contributed by atoms with E-state index in [4.69, 9.17) is 9.47 Å². The van der Waals surface area contributed by atoms with Crippen LogP contribution in [-0.4, -0.2) is 36.7 Å². The Morgan fingerprint density at radius 3 is 2.49 bits per heavy atom. The van der Waals surface area contributed by atoms with Gasteiger partial charge in [-0.1, -0.05) is 36.4 Å². The van der Waals surface area contributed by atoms with Crippen molar-refractivity contribution in [3.63, 3.8) is 0 Å². The fourth-order valence-electron chi connectivity index (χ4n) is 3.01. The number of carbonyl (C=O) groups is 2. The molecular formula is C24H21BrN4O6. The van der Waals surface area contributed by atoms with Gasteiger partial charge in [0.05, 0.1) is 24.7 Å². The van der Waals surface area contributed by atoms with Crippen LogP contribution in [0.3, 0.4) is 0 Å². The van der Waals surface area contributed by atoms with E-state index in [1.54, 1.807) is 30.3 Å². The molecule has 0 bridgehead atoms. The number of hydrogen-bond donors (Lipinski definition) is 2. The molecule has 0 aromatic heterocycles. The van der Waals surface area contributed by atoms with Gasteiger partial charge in [0.1, 0.15) is 0 Å². The molecule has 2 amide bonds. The van der Waals surface area contributed by atoms with Gasteiger partial charge in [-0.05, 0) is 40.2 Å². The lowest BCUT2D eigenvalue weighted by molar-refractivity contribution is -0.385. The molecule has 10 nitrogen and oxygen atoms in total. The summed E-state index contributed by atoms with van der Waals surface area (Å²) in [5.41, 5.74) is 3.72. The fourth-order valence-corrected chi connectivity index (χ4v) is 3.43. The van der Waals surface area contributed by atoms with Gasteiger partial charge in [-0.25, -0.2) is 5.43 Å². The number of nitro groups is 1. The van der Waals surface area contributed by atoms with Crippen LogP contribution in [0.1, 0.15) is 11.1 Å². The topological polar surface area (TPSA) is 132 Å². The number of methoxy groups -OCH3 is 1. The van der Waals surface area contributed by atoms with E-state index in [0.29, 0.717) is 27.2 Å². The summed E-state index contributed by atoms with van der Waals surface area (Å²) in [5.74, 6) is -0.155. The maximum absolute atomic E-state index is 12.2. The number of benzene rings is 3. The Hall–Kier alpha value is -4.25. The van der Waals surface area contributed by atoms with E-state index in [1.807, 2.05) is 18.2 Å². The normalized spacial score (nSPS) is 10.6. The molecule has 0 saturated heterocycles.